The Labute approximate surface area is 234 Å². The van der Waals surface area contributed by atoms with E-state index in [9.17, 15) is 9.59 Å². The molecule has 7 nitrogen and oxygen atoms in total. The SMILES string of the molecule is Cc1ccc(/C=N/NC(=O)c2cc(N3CCCCC3)ccc2NC(=O)c2cccc(CSCCO)c2)cc1C. The van der Waals surface area contributed by atoms with Crippen LogP contribution in [0.15, 0.2) is 65.8 Å². The van der Waals surface area contributed by atoms with Gasteiger partial charge in [0, 0.05) is 35.8 Å². The lowest BCUT2D eigenvalue weighted by atomic mass is 10.1. The van der Waals surface area contributed by atoms with Crippen LogP contribution >= 0.6 is 11.8 Å². The highest BCUT2D eigenvalue weighted by atomic mass is 32.2. The van der Waals surface area contributed by atoms with Crippen LogP contribution < -0.4 is 15.6 Å². The third-order valence-corrected chi connectivity index (χ3v) is 7.83. The van der Waals surface area contributed by atoms with E-state index in [-0.39, 0.29) is 12.5 Å². The van der Waals surface area contributed by atoms with Gasteiger partial charge in [-0.25, -0.2) is 5.43 Å². The minimum Gasteiger partial charge on any atom is -0.396 e. The molecule has 1 aliphatic rings. The first-order chi connectivity index (χ1) is 18.9. The van der Waals surface area contributed by atoms with E-state index in [0.29, 0.717) is 28.3 Å². The molecule has 4 rings (SSSR count). The number of carbonyl (C=O) groups excluding carboxylic acids is 2. The Balaban J connectivity index is 1.54. The Morgan fingerprint density at radius 1 is 0.974 bits per heavy atom. The summed E-state index contributed by atoms with van der Waals surface area (Å²) in [7, 11) is 0. The number of thioether (sulfide) groups is 1. The van der Waals surface area contributed by atoms with E-state index >= 15 is 0 Å². The molecular weight excluding hydrogens is 508 g/mol. The molecule has 1 saturated heterocycles. The van der Waals surface area contributed by atoms with Crippen molar-refractivity contribution < 1.29 is 14.7 Å². The molecule has 204 valence electrons. The molecule has 3 aromatic carbocycles. The van der Waals surface area contributed by atoms with Crippen LogP contribution in [0.3, 0.4) is 0 Å². The number of carbonyl (C=O) groups is 2. The molecule has 8 heteroatoms. The van der Waals surface area contributed by atoms with Crippen LogP contribution in [0, 0.1) is 13.8 Å². The maximum Gasteiger partial charge on any atom is 0.273 e. The molecule has 0 unspecified atom stereocenters. The molecule has 0 spiro atoms. The van der Waals surface area contributed by atoms with Gasteiger partial charge in [-0.15, -0.1) is 0 Å². The van der Waals surface area contributed by atoms with Crippen LogP contribution in [0.5, 0.6) is 0 Å². The van der Waals surface area contributed by atoms with Crippen LogP contribution in [-0.2, 0) is 5.75 Å². The quantitative estimate of drug-likeness (QED) is 0.177. The highest BCUT2D eigenvalue weighted by Crippen LogP contribution is 2.27. The van der Waals surface area contributed by atoms with Gasteiger partial charge in [0.25, 0.3) is 11.8 Å². The summed E-state index contributed by atoms with van der Waals surface area (Å²) in [5, 5.41) is 16.2. The number of aliphatic hydroxyl groups is 1. The highest BCUT2D eigenvalue weighted by Gasteiger charge is 2.19. The van der Waals surface area contributed by atoms with Gasteiger partial charge in [-0.2, -0.15) is 16.9 Å². The first-order valence-corrected chi connectivity index (χ1v) is 14.5. The monoisotopic (exact) mass is 544 g/mol. The third kappa shape index (κ3) is 7.94. The van der Waals surface area contributed by atoms with Crippen LogP contribution in [0.4, 0.5) is 11.4 Å². The van der Waals surface area contributed by atoms with Crippen molar-refractivity contribution in [2.45, 2.75) is 38.9 Å². The van der Waals surface area contributed by atoms with E-state index in [2.05, 4.69) is 27.7 Å². The number of benzene rings is 3. The summed E-state index contributed by atoms with van der Waals surface area (Å²) in [5.41, 5.74) is 9.14. The number of nitrogens with one attached hydrogen (secondary N) is 2. The number of rotatable bonds is 10. The van der Waals surface area contributed by atoms with E-state index < -0.39 is 5.91 Å². The zero-order valence-corrected chi connectivity index (χ0v) is 23.4. The lowest BCUT2D eigenvalue weighted by Gasteiger charge is -2.29. The van der Waals surface area contributed by atoms with E-state index in [1.165, 1.54) is 12.0 Å². The number of hydrogen-bond acceptors (Lipinski definition) is 6. The number of nitrogens with zero attached hydrogens (tertiary/aromatic N) is 2. The van der Waals surface area contributed by atoms with Crippen molar-refractivity contribution >= 4 is 41.2 Å². The summed E-state index contributed by atoms with van der Waals surface area (Å²) in [5.74, 6) is 0.670. The molecule has 1 aliphatic heterocycles. The van der Waals surface area contributed by atoms with E-state index in [0.717, 1.165) is 48.3 Å². The lowest BCUT2D eigenvalue weighted by molar-refractivity contribution is 0.0956. The number of hydrazone groups is 1. The fourth-order valence-electron chi connectivity index (χ4n) is 4.50. The van der Waals surface area contributed by atoms with E-state index in [1.807, 2.05) is 55.5 Å². The topological polar surface area (TPSA) is 94.0 Å². The van der Waals surface area contributed by atoms with Gasteiger partial charge in [-0.05, 0) is 85.7 Å². The molecule has 0 radical (unpaired) electrons. The van der Waals surface area contributed by atoms with Crippen molar-refractivity contribution in [2.24, 2.45) is 5.10 Å². The molecule has 1 fully saturated rings. The van der Waals surface area contributed by atoms with Gasteiger partial charge in [0.15, 0.2) is 0 Å². The Bertz CT molecular complexity index is 1340. The number of hydrogen-bond donors (Lipinski definition) is 3. The standard InChI is InChI=1S/C31H36N4O3S/c1-22-9-10-24(17-23(22)2)20-32-34-31(38)28-19-27(35-13-4-3-5-14-35)11-12-29(28)33-30(37)26-8-6-7-25(18-26)21-39-16-15-36/h6-12,17-20,36H,3-5,13-16,21H2,1-2H3,(H,33,37)(H,34,38)/b32-20+. The first-order valence-electron chi connectivity index (χ1n) is 13.3. The second-order valence-corrected chi connectivity index (χ2v) is 10.9. The Morgan fingerprint density at radius 3 is 2.56 bits per heavy atom. The van der Waals surface area contributed by atoms with Crippen molar-refractivity contribution in [2.75, 3.05) is 35.7 Å². The molecule has 0 saturated carbocycles. The van der Waals surface area contributed by atoms with Gasteiger partial charge in [0.2, 0.25) is 0 Å². The Kier molecular flexibility index (Phi) is 10.2. The second kappa shape index (κ2) is 14.0. The van der Waals surface area contributed by atoms with Crippen molar-refractivity contribution in [3.63, 3.8) is 0 Å². The zero-order valence-electron chi connectivity index (χ0n) is 22.6. The molecule has 0 aromatic heterocycles. The van der Waals surface area contributed by atoms with Crippen molar-refractivity contribution in [1.82, 2.24) is 5.43 Å². The molecule has 3 aromatic rings. The third-order valence-electron chi connectivity index (χ3n) is 6.82. The largest absolute Gasteiger partial charge is 0.396 e. The second-order valence-electron chi connectivity index (χ2n) is 9.75. The number of piperidine rings is 1. The van der Waals surface area contributed by atoms with Crippen molar-refractivity contribution in [3.8, 4) is 0 Å². The first kappa shape index (κ1) is 28.4. The summed E-state index contributed by atoms with van der Waals surface area (Å²) in [6, 6.07) is 19.0. The van der Waals surface area contributed by atoms with Gasteiger partial charge in [-0.1, -0.05) is 30.3 Å². The predicted molar refractivity (Wildman–Crippen MR) is 161 cm³/mol. The van der Waals surface area contributed by atoms with Gasteiger partial charge in [0.05, 0.1) is 24.1 Å². The number of amides is 2. The Morgan fingerprint density at radius 2 is 1.79 bits per heavy atom. The maximum atomic E-state index is 13.3. The van der Waals surface area contributed by atoms with E-state index in [1.54, 1.807) is 30.1 Å². The fourth-order valence-corrected chi connectivity index (χ4v) is 5.19. The molecular formula is C31H36N4O3S. The molecule has 39 heavy (non-hydrogen) atoms. The maximum absolute atomic E-state index is 13.3. The van der Waals surface area contributed by atoms with Crippen LogP contribution in [0.2, 0.25) is 0 Å². The average molecular weight is 545 g/mol. The summed E-state index contributed by atoms with van der Waals surface area (Å²) in [6.45, 7) is 6.10. The smallest absolute Gasteiger partial charge is 0.273 e. The number of aryl methyl sites for hydroxylation is 2. The number of aliphatic hydroxyl groups excluding tert-OH is 1. The van der Waals surface area contributed by atoms with Crippen LogP contribution in [-0.4, -0.2) is 48.6 Å². The van der Waals surface area contributed by atoms with Crippen molar-refractivity contribution in [3.05, 3.63) is 94.0 Å². The Hall–Kier alpha value is -3.62. The molecule has 0 atom stereocenters. The predicted octanol–water partition coefficient (Wildman–Crippen LogP) is 5.54. The molecule has 2 amide bonds. The normalized spacial score (nSPS) is 13.5. The van der Waals surface area contributed by atoms with Crippen LogP contribution in [0.25, 0.3) is 0 Å². The lowest BCUT2D eigenvalue weighted by Crippen LogP contribution is -2.30. The number of anilines is 2. The van der Waals surface area contributed by atoms with Gasteiger partial charge in [0.1, 0.15) is 0 Å². The summed E-state index contributed by atoms with van der Waals surface area (Å²) in [6.07, 6.45) is 5.07. The summed E-state index contributed by atoms with van der Waals surface area (Å²) >= 11 is 1.61. The highest BCUT2D eigenvalue weighted by molar-refractivity contribution is 7.98. The van der Waals surface area contributed by atoms with E-state index in [4.69, 9.17) is 5.11 Å². The zero-order chi connectivity index (χ0) is 27.6. The van der Waals surface area contributed by atoms with Gasteiger partial charge >= 0.3 is 0 Å². The summed E-state index contributed by atoms with van der Waals surface area (Å²) in [4.78, 5) is 28.8. The fraction of sp³-hybridized carbons (Fsp3) is 0.323. The molecule has 3 N–H and O–H groups in total. The molecule has 0 aliphatic carbocycles. The van der Waals surface area contributed by atoms with Crippen molar-refractivity contribution in [1.29, 1.82) is 0 Å². The van der Waals surface area contributed by atoms with Gasteiger partial charge < -0.3 is 15.3 Å². The minimum atomic E-state index is -0.390. The minimum absolute atomic E-state index is 0.123. The molecule has 0 bridgehead atoms. The average Bonchev–Trinajstić information content (AvgIpc) is 2.96. The molecule has 1 heterocycles. The van der Waals surface area contributed by atoms with Gasteiger partial charge in [-0.3, -0.25) is 9.59 Å². The summed E-state index contributed by atoms with van der Waals surface area (Å²) < 4.78 is 0. The van der Waals surface area contributed by atoms with Crippen LogP contribution in [0.1, 0.15) is 62.2 Å².